The lowest BCUT2D eigenvalue weighted by molar-refractivity contribution is 0.728. The van der Waals surface area contributed by atoms with Gasteiger partial charge in [0.05, 0.1) is 11.1 Å². The topological polar surface area (TPSA) is 69.3 Å². The Morgan fingerprint density at radius 2 is 2.00 bits per heavy atom. The normalized spacial score (nSPS) is 11.5. The highest BCUT2D eigenvalue weighted by atomic mass is 32.2. The molecule has 0 aliphatic heterocycles. The Balaban J connectivity index is 1.51. The van der Waals surface area contributed by atoms with E-state index < -0.39 is 0 Å². The van der Waals surface area contributed by atoms with E-state index in [-0.39, 0.29) is 11.1 Å². The molecule has 0 amide bonds. The zero-order valence-electron chi connectivity index (χ0n) is 16.2. The lowest BCUT2D eigenvalue weighted by Gasteiger charge is -2.08. The molecule has 9 heteroatoms. The number of thiophene rings is 2. The fourth-order valence-electron chi connectivity index (χ4n) is 3.26. The Hall–Kier alpha value is -2.75. The molecule has 0 N–H and O–H groups in total. The largest absolute Gasteiger partial charge is 0.290 e. The van der Waals surface area contributed by atoms with E-state index in [1.807, 2.05) is 41.9 Å². The fourth-order valence-corrected chi connectivity index (χ4v) is 5.93. The first-order valence-electron chi connectivity index (χ1n) is 9.15. The molecule has 0 unspecified atom stereocenters. The third-order valence-electron chi connectivity index (χ3n) is 4.79. The molecule has 30 heavy (non-hydrogen) atoms. The van der Waals surface area contributed by atoms with E-state index in [1.165, 1.54) is 33.6 Å². The van der Waals surface area contributed by atoms with Crippen LogP contribution in [0.25, 0.3) is 26.3 Å². The van der Waals surface area contributed by atoms with Crippen LogP contribution >= 0.6 is 34.4 Å². The summed E-state index contributed by atoms with van der Waals surface area (Å²) in [5.74, 6) is 0.453. The molecule has 5 aromatic heterocycles. The monoisotopic (exact) mass is 452 g/mol. The molecule has 0 spiro atoms. The van der Waals surface area contributed by atoms with E-state index in [1.54, 1.807) is 29.1 Å². The van der Waals surface area contributed by atoms with Crippen LogP contribution in [0.5, 0.6) is 0 Å². The molecule has 5 heterocycles. The maximum atomic E-state index is 13.1. The Labute approximate surface area is 183 Å². The molecule has 0 aromatic carbocycles. The van der Waals surface area contributed by atoms with Gasteiger partial charge in [-0.2, -0.15) is 0 Å². The molecule has 0 aliphatic carbocycles. The molecule has 5 rings (SSSR count). The zero-order valence-corrected chi connectivity index (χ0v) is 18.6. The Bertz CT molecular complexity index is 1510. The van der Waals surface area contributed by atoms with Gasteiger partial charge in [-0.1, -0.05) is 17.8 Å². The maximum Gasteiger partial charge on any atom is 0.263 e. The fraction of sp³-hybridized carbons (Fsp3) is 0.143. The van der Waals surface area contributed by atoms with Crippen LogP contribution in [-0.2, 0) is 12.8 Å². The number of thioether (sulfide) groups is 1. The van der Waals surface area contributed by atoms with Gasteiger partial charge in [0, 0.05) is 40.9 Å². The third kappa shape index (κ3) is 3.28. The van der Waals surface area contributed by atoms with Crippen LogP contribution in [0.3, 0.4) is 0 Å². The Kier molecular flexibility index (Phi) is 4.80. The van der Waals surface area contributed by atoms with Gasteiger partial charge < -0.3 is 0 Å². The van der Waals surface area contributed by atoms with E-state index >= 15 is 0 Å². The number of pyridine rings is 1. The summed E-state index contributed by atoms with van der Waals surface area (Å²) in [5.41, 5.74) is 3.08. The molecule has 0 saturated heterocycles. The summed E-state index contributed by atoms with van der Waals surface area (Å²) in [7, 11) is 1.74. The van der Waals surface area contributed by atoms with Crippen molar-refractivity contribution in [2.45, 2.75) is 17.8 Å². The van der Waals surface area contributed by atoms with Crippen molar-refractivity contribution in [1.82, 2.24) is 18.9 Å². The molecule has 0 fully saturated rings. The van der Waals surface area contributed by atoms with E-state index in [0.717, 1.165) is 20.8 Å². The second-order valence-electron chi connectivity index (χ2n) is 6.87. The van der Waals surface area contributed by atoms with Gasteiger partial charge in [0.25, 0.3) is 11.1 Å². The van der Waals surface area contributed by atoms with E-state index in [2.05, 4.69) is 4.98 Å². The van der Waals surface area contributed by atoms with Gasteiger partial charge in [0.2, 0.25) is 0 Å². The van der Waals surface area contributed by atoms with E-state index in [4.69, 9.17) is 4.98 Å². The molecule has 0 bridgehead atoms. The van der Waals surface area contributed by atoms with Crippen molar-refractivity contribution in [3.63, 3.8) is 0 Å². The minimum atomic E-state index is -0.119. The van der Waals surface area contributed by atoms with Crippen molar-refractivity contribution < 1.29 is 0 Å². The number of hydrogen-bond acceptors (Lipinski definition) is 7. The van der Waals surface area contributed by atoms with Crippen LogP contribution < -0.4 is 11.1 Å². The summed E-state index contributed by atoms with van der Waals surface area (Å²) in [4.78, 5) is 36.5. The summed E-state index contributed by atoms with van der Waals surface area (Å²) < 4.78 is 3.11. The predicted octanol–water partition coefficient (Wildman–Crippen LogP) is 4.33. The molecular weight excluding hydrogens is 436 g/mol. The van der Waals surface area contributed by atoms with E-state index in [0.29, 0.717) is 27.6 Å². The summed E-state index contributed by atoms with van der Waals surface area (Å²) >= 11 is 4.50. The van der Waals surface area contributed by atoms with Crippen molar-refractivity contribution in [3.05, 3.63) is 79.3 Å². The van der Waals surface area contributed by atoms with Crippen LogP contribution in [-0.4, -0.2) is 18.9 Å². The number of aromatic nitrogens is 4. The van der Waals surface area contributed by atoms with Crippen LogP contribution in [0.15, 0.2) is 62.0 Å². The van der Waals surface area contributed by atoms with Gasteiger partial charge in [-0.05, 0) is 36.1 Å². The first-order chi connectivity index (χ1) is 14.5. The highest BCUT2D eigenvalue weighted by molar-refractivity contribution is 7.98. The van der Waals surface area contributed by atoms with Crippen molar-refractivity contribution in [1.29, 1.82) is 0 Å². The summed E-state index contributed by atoms with van der Waals surface area (Å²) in [6.45, 7) is 1.97. The molecule has 150 valence electrons. The number of fused-ring (bicyclic) bond motifs is 2. The summed E-state index contributed by atoms with van der Waals surface area (Å²) in [6, 6.07) is 9.29. The number of rotatable bonds is 4. The molecule has 6 nitrogen and oxygen atoms in total. The quantitative estimate of drug-likeness (QED) is 0.300. The molecule has 0 aliphatic rings. The van der Waals surface area contributed by atoms with E-state index in [9.17, 15) is 9.59 Å². The molecular formula is C21H16N4O2S3. The van der Waals surface area contributed by atoms with Gasteiger partial charge in [0.15, 0.2) is 5.16 Å². The number of nitrogens with zero attached hydrogens (tertiary/aromatic N) is 4. The number of aryl methyl sites for hydroxylation is 1. The maximum absolute atomic E-state index is 13.1. The first-order valence-corrected chi connectivity index (χ1v) is 11.9. The van der Waals surface area contributed by atoms with Crippen molar-refractivity contribution in [2.75, 3.05) is 0 Å². The zero-order chi connectivity index (χ0) is 20.8. The average molecular weight is 453 g/mol. The van der Waals surface area contributed by atoms with Gasteiger partial charge in [-0.25, -0.2) is 9.97 Å². The minimum Gasteiger partial charge on any atom is -0.290 e. The van der Waals surface area contributed by atoms with Crippen molar-refractivity contribution >= 4 is 50.3 Å². The standard InChI is InChI=1S/C21H16N4O2S3/c1-12-5-6-25-16(8-12)22-13(9-17(25)26)10-30-21-23-19-18(20(27)24(21)2)14(11-29-19)15-4-3-7-28-15/h3-9,11H,10H2,1-2H3. The highest BCUT2D eigenvalue weighted by Gasteiger charge is 2.16. The van der Waals surface area contributed by atoms with Crippen LogP contribution in [0, 0.1) is 6.92 Å². The third-order valence-corrected chi connectivity index (χ3v) is 7.62. The lowest BCUT2D eigenvalue weighted by atomic mass is 10.2. The Morgan fingerprint density at radius 3 is 2.80 bits per heavy atom. The van der Waals surface area contributed by atoms with Gasteiger partial charge >= 0.3 is 0 Å². The average Bonchev–Trinajstić information content (AvgIpc) is 3.39. The van der Waals surface area contributed by atoms with Crippen molar-refractivity contribution in [2.24, 2.45) is 7.05 Å². The van der Waals surface area contributed by atoms with Gasteiger partial charge in [0.1, 0.15) is 10.5 Å². The van der Waals surface area contributed by atoms with Gasteiger partial charge in [-0.3, -0.25) is 18.6 Å². The highest BCUT2D eigenvalue weighted by Crippen LogP contribution is 2.34. The summed E-state index contributed by atoms with van der Waals surface area (Å²) in [5, 5.41) is 5.26. The smallest absolute Gasteiger partial charge is 0.263 e. The SMILES string of the molecule is Cc1ccn2c(=O)cc(CSc3nc4scc(-c5cccs5)c4c(=O)n3C)nc2c1. The molecule has 0 atom stereocenters. The molecule has 5 aromatic rings. The van der Waals surface area contributed by atoms with Crippen molar-refractivity contribution in [3.8, 4) is 10.4 Å². The number of hydrogen-bond donors (Lipinski definition) is 0. The second-order valence-corrected chi connectivity index (χ2v) is 9.62. The van der Waals surface area contributed by atoms with Gasteiger partial charge in [-0.15, -0.1) is 22.7 Å². The van der Waals surface area contributed by atoms with Crippen LogP contribution in [0.1, 0.15) is 11.3 Å². The minimum absolute atomic E-state index is 0.0608. The van der Waals surface area contributed by atoms with Crippen LogP contribution in [0.4, 0.5) is 0 Å². The molecule has 0 saturated carbocycles. The predicted molar refractivity (Wildman–Crippen MR) is 124 cm³/mol. The van der Waals surface area contributed by atoms with Crippen LogP contribution in [0.2, 0.25) is 0 Å². The Morgan fingerprint density at radius 1 is 1.13 bits per heavy atom. The lowest BCUT2D eigenvalue weighted by Crippen LogP contribution is -2.20. The summed E-state index contributed by atoms with van der Waals surface area (Å²) in [6.07, 6.45) is 1.73. The first kappa shape index (κ1) is 19.2. The second kappa shape index (κ2) is 7.50. The molecule has 0 radical (unpaired) electrons.